The van der Waals surface area contributed by atoms with Crippen molar-refractivity contribution in [3.05, 3.63) is 21.5 Å². The van der Waals surface area contributed by atoms with Gasteiger partial charge in [0.1, 0.15) is 5.69 Å². The van der Waals surface area contributed by atoms with Gasteiger partial charge in [-0.3, -0.25) is 20.0 Å². The Morgan fingerprint density at radius 3 is 2.71 bits per heavy atom. The zero-order valence-corrected chi connectivity index (χ0v) is 12.4. The summed E-state index contributed by atoms with van der Waals surface area (Å²) in [6.07, 6.45) is 2.97. The van der Waals surface area contributed by atoms with Crippen molar-refractivity contribution in [2.45, 2.75) is 38.6 Å². The second kappa shape index (κ2) is 6.66. The van der Waals surface area contributed by atoms with Crippen LogP contribution in [0.1, 0.15) is 42.4 Å². The van der Waals surface area contributed by atoms with Gasteiger partial charge < -0.3 is 10.2 Å². The molecule has 2 heterocycles. The second-order valence-corrected chi connectivity index (χ2v) is 5.26. The normalized spacial score (nSPS) is 16.2. The summed E-state index contributed by atoms with van der Waals surface area (Å²) in [5.74, 6) is -0.352. The minimum absolute atomic E-state index is 0.0636. The van der Waals surface area contributed by atoms with Gasteiger partial charge in [-0.15, -0.1) is 0 Å². The molecule has 8 heteroatoms. The van der Waals surface area contributed by atoms with Gasteiger partial charge in [0.2, 0.25) is 5.69 Å². The van der Waals surface area contributed by atoms with E-state index in [9.17, 15) is 14.9 Å². The van der Waals surface area contributed by atoms with E-state index in [1.54, 1.807) is 4.90 Å². The molecule has 2 N–H and O–H groups in total. The summed E-state index contributed by atoms with van der Waals surface area (Å²) in [6, 6.07) is 0.402. The molecule has 0 saturated carbocycles. The van der Waals surface area contributed by atoms with Crippen LogP contribution in [-0.4, -0.2) is 52.1 Å². The Kier molecular flexibility index (Phi) is 4.89. The van der Waals surface area contributed by atoms with Crippen LogP contribution in [0.5, 0.6) is 0 Å². The van der Waals surface area contributed by atoms with Gasteiger partial charge in [-0.25, -0.2) is 0 Å². The minimum Gasteiger partial charge on any atom is -0.337 e. The highest BCUT2D eigenvalue weighted by Gasteiger charge is 2.33. The molecule has 0 spiro atoms. The first-order valence-corrected chi connectivity index (χ1v) is 7.26. The third kappa shape index (κ3) is 3.21. The topological polar surface area (TPSA) is 104 Å². The summed E-state index contributed by atoms with van der Waals surface area (Å²) in [6.45, 7) is 3.11. The molecule has 21 heavy (non-hydrogen) atoms. The summed E-state index contributed by atoms with van der Waals surface area (Å²) in [4.78, 5) is 24.8. The predicted molar refractivity (Wildman–Crippen MR) is 77.2 cm³/mol. The van der Waals surface area contributed by atoms with Gasteiger partial charge in [0.05, 0.1) is 4.92 Å². The van der Waals surface area contributed by atoms with E-state index >= 15 is 0 Å². The fourth-order valence-electron chi connectivity index (χ4n) is 2.66. The number of likely N-dealkylation sites (tertiary alicyclic amines) is 1. The van der Waals surface area contributed by atoms with Crippen molar-refractivity contribution in [1.82, 2.24) is 20.4 Å². The SMILES string of the molecule is CCCc1[nH]nc(C(=O)N2CCC(NC)CC2)c1[N+](=O)[O-]. The fraction of sp³-hybridized carbons (Fsp3) is 0.692. The fourth-order valence-corrected chi connectivity index (χ4v) is 2.66. The molecule has 1 aromatic heterocycles. The van der Waals surface area contributed by atoms with E-state index in [1.165, 1.54) is 0 Å². The summed E-state index contributed by atoms with van der Waals surface area (Å²) in [5, 5.41) is 21.0. The second-order valence-electron chi connectivity index (χ2n) is 5.26. The Bertz CT molecular complexity index is 520. The molecular weight excluding hydrogens is 274 g/mol. The molecule has 1 aliphatic heterocycles. The van der Waals surface area contributed by atoms with E-state index in [2.05, 4.69) is 15.5 Å². The zero-order chi connectivity index (χ0) is 15.4. The van der Waals surface area contributed by atoms with Crippen LogP contribution < -0.4 is 5.32 Å². The first kappa shape index (κ1) is 15.4. The lowest BCUT2D eigenvalue weighted by atomic mass is 10.0. The summed E-state index contributed by atoms with van der Waals surface area (Å²) >= 11 is 0. The van der Waals surface area contributed by atoms with Gasteiger partial charge in [0.15, 0.2) is 0 Å². The molecule has 0 aromatic carbocycles. The number of aromatic nitrogens is 2. The molecule has 1 aliphatic rings. The minimum atomic E-state index is -0.512. The number of H-pyrrole nitrogens is 1. The number of nitrogens with zero attached hydrogens (tertiary/aromatic N) is 3. The van der Waals surface area contributed by atoms with Gasteiger partial charge >= 0.3 is 5.69 Å². The van der Waals surface area contributed by atoms with Crippen molar-refractivity contribution in [2.75, 3.05) is 20.1 Å². The lowest BCUT2D eigenvalue weighted by Gasteiger charge is -2.31. The molecule has 0 aliphatic carbocycles. The number of carbonyl (C=O) groups is 1. The van der Waals surface area contributed by atoms with Crippen molar-refractivity contribution in [3.8, 4) is 0 Å². The van der Waals surface area contributed by atoms with Gasteiger partial charge in [-0.1, -0.05) is 13.3 Å². The third-order valence-corrected chi connectivity index (χ3v) is 3.89. The number of nitro groups is 1. The lowest BCUT2D eigenvalue weighted by molar-refractivity contribution is -0.385. The quantitative estimate of drug-likeness (QED) is 0.625. The molecule has 8 nitrogen and oxygen atoms in total. The van der Waals surface area contributed by atoms with Crippen LogP contribution in [0.25, 0.3) is 0 Å². The number of aromatic amines is 1. The van der Waals surface area contributed by atoms with E-state index < -0.39 is 4.92 Å². The average Bonchev–Trinajstić information content (AvgIpc) is 2.91. The first-order valence-electron chi connectivity index (χ1n) is 7.26. The standard InChI is InChI=1S/C13H21N5O3/c1-3-4-10-12(18(20)21)11(16-15-10)13(19)17-7-5-9(14-2)6-8-17/h9,14H,3-8H2,1-2H3,(H,15,16). The van der Waals surface area contributed by atoms with Crippen molar-refractivity contribution >= 4 is 11.6 Å². The van der Waals surface area contributed by atoms with Crippen LogP contribution in [0.15, 0.2) is 0 Å². The molecule has 0 radical (unpaired) electrons. The van der Waals surface area contributed by atoms with Crippen molar-refractivity contribution in [1.29, 1.82) is 0 Å². The van der Waals surface area contributed by atoms with Gasteiger partial charge in [0.25, 0.3) is 5.91 Å². The number of hydrogen-bond donors (Lipinski definition) is 2. The Balaban J connectivity index is 2.18. The molecule has 1 aromatic rings. The highest BCUT2D eigenvalue weighted by Crippen LogP contribution is 2.24. The van der Waals surface area contributed by atoms with E-state index in [1.807, 2.05) is 14.0 Å². The van der Waals surface area contributed by atoms with Gasteiger partial charge in [-0.2, -0.15) is 5.10 Å². The van der Waals surface area contributed by atoms with E-state index in [0.29, 0.717) is 31.2 Å². The number of carbonyl (C=O) groups excluding carboxylic acids is 1. The molecule has 1 amide bonds. The van der Waals surface area contributed by atoms with E-state index in [4.69, 9.17) is 0 Å². The number of amides is 1. The van der Waals surface area contributed by atoms with E-state index in [0.717, 1.165) is 19.3 Å². The Labute approximate surface area is 123 Å². The molecule has 0 bridgehead atoms. The highest BCUT2D eigenvalue weighted by atomic mass is 16.6. The monoisotopic (exact) mass is 295 g/mol. The molecule has 0 atom stereocenters. The maximum Gasteiger partial charge on any atom is 0.322 e. The third-order valence-electron chi connectivity index (χ3n) is 3.89. The molecule has 1 saturated heterocycles. The average molecular weight is 295 g/mol. The van der Waals surface area contributed by atoms with Crippen molar-refractivity contribution in [2.24, 2.45) is 0 Å². The molecule has 0 unspecified atom stereocenters. The highest BCUT2D eigenvalue weighted by molar-refractivity contribution is 5.96. The van der Waals surface area contributed by atoms with Crippen molar-refractivity contribution < 1.29 is 9.72 Å². The largest absolute Gasteiger partial charge is 0.337 e. The smallest absolute Gasteiger partial charge is 0.322 e. The summed E-state index contributed by atoms with van der Waals surface area (Å²) in [5.41, 5.74) is 0.194. The van der Waals surface area contributed by atoms with Crippen LogP contribution in [0.3, 0.4) is 0 Å². The Hall–Kier alpha value is -1.96. The maximum atomic E-state index is 12.5. The number of aryl methyl sites for hydroxylation is 1. The maximum absolute atomic E-state index is 12.5. The predicted octanol–water partition coefficient (Wildman–Crippen LogP) is 1.09. The van der Waals surface area contributed by atoms with Crippen LogP contribution >= 0.6 is 0 Å². The zero-order valence-electron chi connectivity index (χ0n) is 12.4. The molecule has 1 fully saturated rings. The van der Waals surface area contributed by atoms with Gasteiger partial charge in [-0.05, 0) is 26.3 Å². The molecule has 116 valence electrons. The van der Waals surface area contributed by atoms with Crippen molar-refractivity contribution in [3.63, 3.8) is 0 Å². The lowest BCUT2D eigenvalue weighted by Crippen LogP contribution is -2.44. The van der Waals surface area contributed by atoms with Crippen LogP contribution in [0, 0.1) is 10.1 Å². The Morgan fingerprint density at radius 2 is 2.19 bits per heavy atom. The van der Waals surface area contributed by atoms with Crippen LogP contribution in [0.4, 0.5) is 5.69 Å². The first-order chi connectivity index (χ1) is 10.1. The number of hydrogen-bond acceptors (Lipinski definition) is 5. The number of piperidine rings is 1. The number of rotatable bonds is 5. The Morgan fingerprint density at radius 1 is 1.52 bits per heavy atom. The van der Waals surface area contributed by atoms with E-state index in [-0.39, 0.29) is 17.3 Å². The van der Waals surface area contributed by atoms with Gasteiger partial charge in [0, 0.05) is 19.1 Å². The van der Waals surface area contributed by atoms with Crippen LogP contribution in [0.2, 0.25) is 0 Å². The summed E-state index contributed by atoms with van der Waals surface area (Å²) < 4.78 is 0. The number of nitrogens with one attached hydrogen (secondary N) is 2. The van der Waals surface area contributed by atoms with Crippen LogP contribution in [-0.2, 0) is 6.42 Å². The molecule has 2 rings (SSSR count). The summed E-state index contributed by atoms with van der Waals surface area (Å²) in [7, 11) is 1.90. The molecular formula is C13H21N5O3.